The Morgan fingerprint density at radius 1 is 1.25 bits per heavy atom. The first-order valence-electron chi connectivity index (χ1n) is 6.44. The molecule has 2 aromatic heterocycles. The van der Waals surface area contributed by atoms with Crippen LogP contribution in [-0.2, 0) is 6.54 Å². The van der Waals surface area contributed by atoms with Gasteiger partial charge in [0, 0.05) is 18.9 Å². The number of nitrogens with one attached hydrogen (secondary N) is 2. The van der Waals surface area contributed by atoms with Crippen LogP contribution in [0.5, 0.6) is 0 Å². The summed E-state index contributed by atoms with van der Waals surface area (Å²) < 4.78 is 0. The third-order valence-electron chi connectivity index (χ3n) is 2.70. The molecular weight excluding hydrogens is 254 g/mol. The molecule has 6 heteroatoms. The molecule has 0 aliphatic rings. The highest BCUT2D eigenvalue weighted by atomic mass is 16.1. The Labute approximate surface area is 117 Å². The molecule has 0 atom stereocenters. The topological polar surface area (TPSA) is 79.8 Å². The quantitative estimate of drug-likeness (QED) is 0.862. The van der Waals surface area contributed by atoms with E-state index in [4.69, 9.17) is 0 Å². The van der Waals surface area contributed by atoms with E-state index in [0.29, 0.717) is 12.1 Å². The summed E-state index contributed by atoms with van der Waals surface area (Å²) in [6, 6.07) is 1.69. The molecule has 2 heterocycles. The number of hydrogen-bond donors (Lipinski definition) is 2. The highest BCUT2D eigenvalue weighted by Crippen LogP contribution is 2.12. The lowest BCUT2D eigenvalue weighted by Gasteiger charge is -2.10. The Morgan fingerprint density at radius 3 is 2.80 bits per heavy atom. The second-order valence-electron chi connectivity index (χ2n) is 4.28. The number of anilines is 1. The van der Waals surface area contributed by atoms with Crippen LogP contribution in [0.15, 0.2) is 30.9 Å². The summed E-state index contributed by atoms with van der Waals surface area (Å²) in [5.74, 6) is -0.161. The summed E-state index contributed by atoms with van der Waals surface area (Å²) in [6.07, 6.45) is 6.58. The van der Waals surface area contributed by atoms with Gasteiger partial charge in [0.05, 0.1) is 41.6 Å². The molecule has 2 N–H and O–H groups in total. The fourth-order valence-electron chi connectivity index (χ4n) is 1.70. The molecule has 0 saturated heterocycles. The molecule has 2 aromatic rings. The van der Waals surface area contributed by atoms with Gasteiger partial charge in [-0.2, -0.15) is 0 Å². The summed E-state index contributed by atoms with van der Waals surface area (Å²) in [5, 5.41) is 5.94. The van der Waals surface area contributed by atoms with E-state index in [1.54, 1.807) is 30.9 Å². The summed E-state index contributed by atoms with van der Waals surface area (Å²) in [4.78, 5) is 24.5. The Hall–Kier alpha value is -2.50. The second-order valence-corrected chi connectivity index (χ2v) is 4.28. The molecule has 6 nitrogen and oxygen atoms in total. The van der Waals surface area contributed by atoms with Crippen molar-refractivity contribution in [2.75, 3.05) is 11.9 Å². The molecule has 0 spiro atoms. The minimum Gasteiger partial charge on any atom is -0.383 e. The second kappa shape index (κ2) is 6.60. The zero-order valence-electron chi connectivity index (χ0n) is 11.6. The molecule has 0 fully saturated rings. The number of carbonyl (C=O) groups excluding carboxylic acids is 1. The predicted molar refractivity (Wildman–Crippen MR) is 76.3 cm³/mol. The van der Waals surface area contributed by atoms with Crippen LogP contribution in [-0.4, -0.2) is 27.4 Å². The normalized spacial score (nSPS) is 10.1. The van der Waals surface area contributed by atoms with Crippen molar-refractivity contribution >= 4 is 11.6 Å². The van der Waals surface area contributed by atoms with Crippen molar-refractivity contribution in [3.05, 3.63) is 47.8 Å². The first-order valence-corrected chi connectivity index (χ1v) is 6.44. The Bertz CT molecular complexity index is 582. The van der Waals surface area contributed by atoms with Gasteiger partial charge in [0.15, 0.2) is 0 Å². The van der Waals surface area contributed by atoms with Crippen LogP contribution in [0.4, 0.5) is 5.69 Å². The highest BCUT2D eigenvalue weighted by Gasteiger charge is 2.10. The Morgan fingerprint density at radius 2 is 2.10 bits per heavy atom. The van der Waals surface area contributed by atoms with Crippen molar-refractivity contribution in [3.8, 4) is 0 Å². The molecule has 0 aromatic carbocycles. The number of carbonyl (C=O) groups is 1. The average Bonchev–Trinajstić information content (AvgIpc) is 2.47. The number of aromatic nitrogens is 3. The molecule has 0 bridgehead atoms. The lowest BCUT2D eigenvalue weighted by atomic mass is 10.2. The molecule has 20 heavy (non-hydrogen) atoms. The predicted octanol–water partition coefficient (Wildman–Crippen LogP) is 1.54. The Kier molecular flexibility index (Phi) is 4.60. The molecule has 0 saturated carbocycles. The summed E-state index contributed by atoms with van der Waals surface area (Å²) >= 11 is 0. The van der Waals surface area contributed by atoms with E-state index in [2.05, 4.69) is 25.6 Å². The number of nitrogens with zero attached hydrogens (tertiary/aromatic N) is 3. The first-order chi connectivity index (χ1) is 9.70. The van der Waals surface area contributed by atoms with E-state index in [9.17, 15) is 4.79 Å². The van der Waals surface area contributed by atoms with Crippen molar-refractivity contribution in [2.45, 2.75) is 20.4 Å². The van der Waals surface area contributed by atoms with Crippen molar-refractivity contribution < 1.29 is 4.79 Å². The summed E-state index contributed by atoms with van der Waals surface area (Å²) in [6.45, 7) is 4.92. The van der Waals surface area contributed by atoms with Crippen LogP contribution in [0.1, 0.15) is 28.7 Å². The van der Waals surface area contributed by atoms with Gasteiger partial charge in [-0.15, -0.1) is 0 Å². The number of rotatable bonds is 5. The first kappa shape index (κ1) is 13.9. The van der Waals surface area contributed by atoms with E-state index in [-0.39, 0.29) is 5.91 Å². The van der Waals surface area contributed by atoms with E-state index in [1.807, 2.05) is 13.8 Å². The van der Waals surface area contributed by atoms with Crippen LogP contribution in [0.3, 0.4) is 0 Å². The van der Waals surface area contributed by atoms with E-state index in [0.717, 1.165) is 23.6 Å². The maximum absolute atomic E-state index is 12.2. The van der Waals surface area contributed by atoms with Crippen LogP contribution < -0.4 is 10.6 Å². The maximum atomic E-state index is 12.2. The number of aryl methyl sites for hydroxylation is 1. The van der Waals surface area contributed by atoms with E-state index >= 15 is 0 Å². The monoisotopic (exact) mass is 271 g/mol. The van der Waals surface area contributed by atoms with Crippen LogP contribution in [0.2, 0.25) is 0 Å². The van der Waals surface area contributed by atoms with Gasteiger partial charge in [-0.3, -0.25) is 19.7 Å². The van der Waals surface area contributed by atoms with Gasteiger partial charge in [-0.1, -0.05) is 0 Å². The third-order valence-corrected chi connectivity index (χ3v) is 2.70. The molecule has 2 rings (SSSR count). The number of pyridine rings is 1. The van der Waals surface area contributed by atoms with Gasteiger partial charge in [0.25, 0.3) is 5.91 Å². The largest absolute Gasteiger partial charge is 0.383 e. The minimum absolute atomic E-state index is 0.161. The van der Waals surface area contributed by atoms with Gasteiger partial charge in [-0.05, 0) is 19.9 Å². The highest BCUT2D eigenvalue weighted by molar-refractivity contribution is 5.99. The molecular formula is C14H17N5O. The van der Waals surface area contributed by atoms with Crippen molar-refractivity contribution in [1.29, 1.82) is 0 Å². The SMILES string of the molecule is CCNc1cnccc1C(=O)NCc1cnc(C)cn1. The summed E-state index contributed by atoms with van der Waals surface area (Å²) in [5.41, 5.74) is 2.87. The molecule has 104 valence electrons. The van der Waals surface area contributed by atoms with Crippen LogP contribution >= 0.6 is 0 Å². The van der Waals surface area contributed by atoms with Crippen molar-refractivity contribution in [3.63, 3.8) is 0 Å². The van der Waals surface area contributed by atoms with E-state index in [1.165, 1.54) is 0 Å². The standard InChI is InChI=1S/C14H17N5O/c1-3-16-13-9-15-5-4-12(13)14(20)19-8-11-7-17-10(2)6-18-11/h4-7,9,16H,3,8H2,1-2H3,(H,19,20). The van der Waals surface area contributed by atoms with Gasteiger partial charge < -0.3 is 10.6 Å². The van der Waals surface area contributed by atoms with Crippen molar-refractivity contribution in [1.82, 2.24) is 20.3 Å². The number of hydrogen-bond acceptors (Lipinski definition) is 5. The van der Waals surface area contributed by atoms with Gasteiger partial charge in [0.1, 0.15) is 0 Å². The zero-order valence-corrected chi connectivity index (χ0v) is 11.6. The minimum atomic E-state index is -0.161. The fraction of sp³-hybridized carbons (Fsp3) is 0.286. The van der Waals surface area contributed by atoms with Crippen LogP contribution in [0.25, 0.3) is 0 Å². The summed E-state index contributed by atoms with van der Waals surface area (Å²) in [7, 11) is 0. The van der Waals surface area contributed by atoms with Gasteiger partial charge in [-0.25, -0.2) is 0 Å². The molecule has 0 radical (unpaired) electrons. The third kappa shape index (κ3) is 3.50. The van der Waals surface area contributed by atoms with Gasteiger partial charge >= 0.3 is 0 Å². The Balaban J connectivity index is 2.03. The number of amides is 1. The average molecular weight is 271 g/mol. The molecule has 1 amide bonds. The molecule has 0 aliphatic heterocycles. The van der Waals surface area contributed by atoms with E-state index < -0.39 is 0 Å². The molecule has 0 aliphatic carbocycles. The molecule has 0 unspecified atom stereocenters. The lowest BCUT2D eigenvalue weighted by Crippen LogP contribution is -2.24. The van der Waals surface area contributed by atoms with Gasteiger partial charge in [0.2, 0.25) is 0 Å². The smallest absolute Gasteiger partial charge is 0.253 e. The van der Waals surface area contributed by atoms with Crippen molar-refractivity contribution in [2.24, 2.45) is 0 Å². The fourth-order valence-corrected chi connectivity index (χ4v) is 1.70. The maximum Gasteiger partial charge on any atom is 0.253 e. The zero-order chi connectivity index (χ0) is 14.4. The lowest BCUT2D eigenvalue weighted by molar-refractivity contribution is 0.0951. The van der Waals surface area contributed by atoms with Crippen LogP contribution in [0, 0.1) is 6.92 Å².